The number of nitrogens with one attached hydrogen (secondary N) is 1. The first kappa shape index (κ1) is 19.8. The number of carbonyl (C=O) groups is 1. The van der Waals surface area contributed by atoms with Crippen LogP contribution in [-0.4, -0.2) is 10.8 Å². The first-order chi connectivity index (χ1) is 13.0. The maximum Gasteiger partial charge on any atom is 0.270 e. The number of non-ortho nitro benzene ring substituents is 1. The van der Waals surface area contributed by atoms with E-state index in [1.165, 1.54) is 18.2 Å². The fourth-order valence-electron chi connectivity index (χ4n) is 2.93. The third-order valence-electron chi connectivity index (χ3n) is 4.18. The lowest BCUT2D eigenvalue weighted by molar-refractivity contribution is -0.384. The molecule has 2 aromatic rings. The van der Waals surface area contributed by atoms with E-state index in [0.29, 0.717) is 18.4 Å². The minimum absolute atomic E-state index is 0.0190. The fraction of sp³-hybridized carbons (Fsp3) is 0.136. The van der Waals surface area contributed by atoms with E-state index < -0.39 is 10.5 Å². The Morgan fingerprint density at radius 1 is 1.07 bits per heavy atom. The summed E-state index contributed by atoms with van der Waals surface area (Å²) in [5.41, 5.74) is 0.878. The molecule has 1 N–H and O–H groups in total. The molecule has 0 aliphatic carbocycles. The molecule has 0 saturated heterocycles. The molecule has 0 spiro atoms. The van der Waals surface area contributed by atoms with E-state index in [9.17, 15) is 14.9 Å². The zero-order valence-electron chi connectivity index (χ0n) is 15.0. The Morgan fingerprint density at radius 3 is 2.33 bits per heavy atom. The van der Waals surface area contributed by atoms with Crippen LogP contribution in [0, 0.1) is 10.1 Å². The van der Waals surface area contributed by atoms with Gasteiger partial charge in [0, 0.05) is 18.2 Å². The van der Waals surface area contributed by atoms with Crippen LogP contribution in [0.3, 0.4) is 0 Å². The Balaban J connectivity index is 2.25. The molecule has 1 amide bonds. The van der Waals surface area contributed by atoms with Crippen molar-refractivity contribution in [1.82, 2.24) is 5.32 Å². The number of benzene rings is 2. The molecule has 0 saturated carbocycles. The van der Waals surface area contributed by atoms with Crippen LogP contribution in [-0.2, 0) is 10.3 Å². The third-order valence-corrected chi connectivity index (χ3v) is 4.18. The lowest BCUT2D eigenvalue weighted by atomic mass is 9.83. The van der Waals surface area contributed by atoms with Crippen molar-refractivity contribution in [3.63, 3.8) is 0 Å². The average molecular weight is 362 g/mol. The summed E-state index contributed by atoms with van der Waals surface area (Å²) in [5, 5.41) is 13.9. The van der Waals surface area contributed by atoms with Crippen LogP contribution in [0.2, 0.25) is 0 Å². The molecule has 0 unspecified atom stereocenters. The highest BCUT2D eigenvalue weighted by atomic mass is 16.6. The van der Waals surface area contributed by atoms with Crippen LogP contribution in [0.1, 0.15) is 24.0 Å². The van der Waals surface area contributed by atoms with Gasteiger partial charge in [0.15, 0.2) is 0 Å². The molecule has 0 fully saturated rings. The Morgan fingerprint density at radius 2 is 1.74 bits per heavy atom. The molecular formula is C22H22N2O3. The van der Waals surface area contributed by atoms with E-state index in [0.717, 1.165) is 5.56 Å². The van der Waals surface area contributed by atoms with Crippen LogP contribution in [0.4, 0.5) is 5.69 Å². The number of hydrogen-bond donors (Lipinski definition) is 1. The van der Waals surface area contributed by atoms with Crippen LogP contribution < -0.4 is 5.32 Å². The van der Waals surface area contributed by atoms with Gasteiger partial charge in [-0.05, 0) is 30.0 Å². The smallest absolute Gasteiger partial charge is 0.270 e. The highest BCUT2D eigenvalue weighted by Gasteiger charge is 2.30. The summed E-state index contributed by atoms with van der Waals surface area (Å²) in [5.74, 6) is -0.297. The number of hydrogen-bond acceptors (Lipinski definition) is 3. The van der Waals surface area contributed by atoms with Crippen molar-refractivity contribution in [2.75, 3.05) is 0 Å². The van der Waals surface area contributed by atoms with Gasteiger partial charge in [-0.25, -0.2) is 0 Å². The number of nitro groups is 1. The summed E-state index contributed by atoms with van der Waals surface area (Å²) in [7, 11) is 0. The minimum atomic E-state index is -0.644. The summed E-state index contributed by atoms with van der Waals surface area (Å²) >= 11 is 0. The lowest BCUT2D eigenvalue weighted by Gasteiger charge is -2.33. The summed E-state index contributed by atoms with van der Waals surface area (Å²) in [6.45, 7) is 7.63. The summed E-state index contributed by atoms with van der Waals surface area (Å²) in [4.78, 5) is 23.0. The van der Waals surface area contributed by atoms with E-state index in [1.54, 1.807) is 30.4 Å². The van der Waals surface area contributed by atoms with E-state index in [-0.39, 0.29) is 11.6 Å². The van der Waals surface area contributed by atoms with Gasteiger partial charge < -0.3 is 5.32 Å². The summed E-state index contributed by atoms with van der Waals surface area (Å²) in [6.07, 6.45) is 7.55. The third kappa shape index (κ3) is 5.25. The molecule has 0 aliphatic heterocycles. The fourth-order valence-corrected chi connectivity index (χ4v) is 2.93. The molecule has 0 aliphatic rings. The van der Waals surface area contributed by atoms with Crippen LogP contribution in [0.15, 0.2) is 86.0 Å². The van der Waals surface area contributed by atoms with Gasteiger partial charge in [0.25, 0.3) is 5.69 Å². The van der Waals surface area contributed by atoms with Crippen LogP contribution in [0.5, 0.6) is 0 Å². The highest BCUT2D eigenvalue weighted by Crippen LogP contribution is 2.30. The van der Waals surface area contributed by atoms with Gasteiger partial charge in [0.05, 0.1) is 10.5 Å². The molecule has 0 radical (unpaired) electrons. The molecular weight excluding hydrogens is 340 g/mol. The first-order valence-corrected chi connectivity index (χ1v) is 8.53. The van der Waals surface area contributed by atoms with Gasteiger partial charge in [-0.2, -0.15) is 0 Å². The van der Waals surface area contributed by atoms with Crippen molar-refractivity contribution in [1.29, 1.82) is 0 Å². The van der Waals surface area contributed by atoms with Crippen molar-refractivity contribution in [3.8, 4) is 0 Å². The molecule has 27 heavy (non-hydrogen) atoms. The number of nitro benzene ring substituents is 1. The Hall–Kier alpha value is -3.47. The van der Waals surface area contributed by atoms with E-state index in [1.807, 2.05) is 30.3 Å². The van der Waals surface area contributed by atoms with Gasteiger partial charge in [-0.1, -0.05) is 54.6 Å². The van der Waals surface area contributed by atoms with Gasteiger partial charge in [-0.15, -0.1) is 13.2 Å². The molecule has 5 heteroatoms. The Bertz CT molecular complexity index is 847. The second-order valence-corrected chi connectivity index (χ2v) is 6.11. The van der Waals surface area contributed by atoms with Crippen molar-refractivity contribution in [2.24, 2.45) is 0 Å². The number of amides is 1. The topological polar surface area (TPSA) is 72.2 Å². The molecule has 138 valence electrons. The zero-order valence-corrected chi connectivity index (χ0v) is 15.0. The Labute approximate surface area is 158 Å². The second-order valence-electron chi connectivity index (χ2n) is 6.11. The second kappa shape index (κ2) is 9.29. The predicted octanol–water partition coefficient (Wildman–Crippen LogP) is 4.77. The summed E-state index contributed by atoms with van der Waals surface area (Å²) in [6, 6.07) is 15.8. The average Bonchev–Trinajstić information content (AvgIpc) is 2.67. The number of rotatable bonds is 9. The van der Waals surface area contributed by atoms with Gasteiger partial charge in [0.1, 0.15) is 0 Å². The standard InChI is InChI=1S/C22H22N2O3/c1-3-15-22(16-4-2,19-10-6-5-7-11-19)23-21(25)14-13-18-9-8-12-20(17-18)24(26)27/h3-14,17H,1-2,15-16H2,(H,23,25)/b14-13-. The van der Waals surface area contributed by atoms with Crippen molar-refractivity contribution < 1.29 is 9.72 Å². The van der Waals surface area contributed by atoms with Crippen molar-refractivity contribution >= 4 is 17.7 Å². The number of carbonyl (C=O) groups excluding carboxylic acids is 1. The largest absolute Gasteiger partial charge is 0.342 e. The maximum absolute atomic E-state index is 12.6. The minimum Gasteiger partial charge on any atom is -0.342 e. The van der Waals surface area contributed by atoms with Gasteiger partial charge in [0.2, 0.25) is 5.91 Å². The SMILES string of the molecule is C=CCC(CC=C)(NC(=O)/C=C\c1cccc([N+](=O)[O-])c1)c1ccccc1. The molecule has 0 heterocycles. The Kier molecular flexibility index (Phi) is 6.83. The molecule has 5 nitrogen and oxygen atoms in total. The van der Waals surface area contributed by atoms with E-state index in [2.05, 4.69) is 18.5 Å². The van der Waals surface area contributed by atoms with Crippen molar-refractivity contribution in [3.05, 3.63) is 107 Å². The quantitative estimate of drug-likeness (QED) is 0.302. The highest BCUT2D eigenvalue weighted by molar-refractivity contribution is 5.92. The van der Waals surface area contributed by atoms with Crippen LogP contribution in [0.25, 0.3) is 6.08 Å². The van der Waals surface area contributed by atoms with Gasteiger partial charge >= 0.3 is 0 Å². The van der Waals surface area contributed by atoms with Gasteiger partial charge in [-0.3, -0.25) is 14.9 Å². The molecule has 2 aromatic carbocycles. The molecule has 0 aromatic heterocycles. The lowest BCUT2D eigenvalue weighted by Crippen LogP contribution is -2.44. The maximum atomic E-state index is 12.6. The first-order valence-electron chi connectivity index (χ1n) is 8.53. The molecule has 0 bridgehead atoms. The van der Waals surface area contributed by atoms with Crippen molar-refractivity contribution in [2.45, 2.75) is 18.4 Å². The normalized spacial score (nSPS) is 11.1. The molecule has 2 rings (SSSR count). The molecule has 0 atom stereocenters. The monoisotopic (exact) mass is 362 g/mol. The van der Waals surface area contributed by atoms with E-state index in [4.69, 9.17) is 0 Å². The summed E-state index contributed by atoms with van der Waals surface area (Å²) < 4.78 is 0. The van der Waals surface area contributed by atoms with Crippen LogP contribution >= 0.6 is 0 Å². The zero-order chi connectivity index (χ0) is 19.7. The number of nitrogens with zero attached hydrogens (tertiary/aromatic N) is 1. The predicted molar refractivity (Wildman–Crippen MR) is 108 cm³/mol. The van der Waals surface area contributed by atoms with E-state index >= 15 is 0 Å².